The Bertz CT molecular complexity index is 1230. The van der Waals surface area contributed by atoms with Gasteiger partial charge in [0.1, 0.15) is 16.3 Å². The highest BCUT2D eigenvalue weighted by Crippen LogP contribution is 2.20. The van der Waals surface area contributed by atoms with Gasteiger partial charge in [-0.1, -0.05) is 48.0 Å². The first kappa shape index (κ1) is 22.8. The lowest BCUT2D eigenvalue weighted by Gasteiger charge is -2.10. The summed E-state index contributed by atoms with van der Waals surface area (Å²) in [5, 5.41) is 5.22. The van der Waals surface area contributed by atoms with Crippen LogP contribution < -0.4 is 14.8 Å². The van der Waals surface area contributed by atoms with Crippen molar-refractivity contribution in [2.45, 2.75) is 18.7 Å². The number of carbonyl (C=O) groups is 2. The molecular weight excluding hydrogens is 428 g/mol. The zero-order valence-electron chi connectivity index (χ0n) is 17.5. The molecule has 2 amide bonds. The van der Waals surface area contributed by atoms with Gasteiger partial charge in [0.05, 0.1) is 0 Å². The largest absolute Gasteiger partial charge is 0.379 e. The van der Waals surface area contributed by atoms with Crippen molar-refractivity contribution in [1.82, 2.24) is 5.32 Å². The first-order chi connectivity index (χ1) is 15.2. The zero-order chi connectivity index (χ0) is 23.1. The first-order valence-electron chi connectivity index (χ1n) is 9.70. The number of rotatable bonds is 7. The number of hydrogen-bond acceptors (Lipinski definition) is 5. The van der Waals surface area contributed by atoms with Crippen LogP contribution >= 0.6 is 0 Å². The van der Waals surface area contributed by atoms with Crippen molar-refractivity contribution in [1.29, 1.82) is 0 Å². The summed E-state index contributed by atoms with van der Waals surface area (Å²) in [6.07, 6.45) is 1.48. The minimum absolute atomic E-state index is 0.0438. The van der Waals surface area contributed by atoms with Gasteiger partial charge in [-0.3, -0.25) is 9.59 Å². The fourth-order valence-electron chi connectivity index (χ4n) is 2.73. The van der Waals surface area contributed by atoms with Gasteiger partial charge in [0.15, 0.2) is 0 Å². The van der Waals surface area contributed by atoms with Gasteiger partial charge in [-0.25, -0.2) is 0 Å². The van der Waals surface area contributed by atoms with E-state index in [1.54, 1.807) is 48.5 Å². The third-order valence-electron chi connectivity index (χ3n) is 4.29. The third-order valence-corrected chi connectivity index (χ3v) is 5.56. The third kappa shape index (κ3) is 6.29. The molecule has 0 unspecified atom stereocenters. The predicted molar refractivity (Wildman–Crippen MR) is 122 cm³/mol. The van der Waals surface area contributed by atoms with Crippen LogP contribution in [0.5, 0.6) is 5.75 Å². The van der Waals surface area contributed by atoms with Crippen molar-refractivity contribution in [2.75, 3.05) is 5.32 Å². The quantitative estimate of drug-likeness (QED) is 0.420. The molecule has 164 valence electrons. The number of nitrogens with one attached hydrogen (secondary N) is 2. The molecule has 0 aliphatic heterocycles. The smallest absolute Gasteiger partial charge is 0.339 e. The number of aryl methyl sites for hydroxylation is 1. The van der Waals surface area contributed by atoms with Crippen LogP contribution in [0.2, 0.25) is 0 Å². The van der Waals surface area contributed by atoms with Crippen molar-refractivity contribution in [3.8, 4) is 5.75 Å². The molecule has 8 heteroatoms. The standard InChI is InChI=1S/C24H22N2O5S/c1-17-8-14-22(15-9-17)32(29,30)31-21-12-10-19(11-13-21)16-23(25-18(2)27)24(28)26-20-6-4-3-5-7-20/h3-16H,1-2H3,(H,25,27)(H,26,28)/b23-16+. The molecule has 0 atom stereocenters. The molecule has 0 spiro atoms. The van der Waals surface area contributed by atoms with Crippen LogP contribution in [0.4, 0.5) is 5.69 Å². The van der Waals surface area contributed by atoms with Crippen LogP contribution in [-0.2, 0) is 19.7 Å². The number of anilines is 1. The lowest BCUT2D eigenvalue weighted by atomic mass is 10.1. The summed E-state index contributed by atoms with van der Waals surface area (Å²) >= 11 is 0. The first-order valence-corrected chi connectivity index (χ1v) is 11.1. The minimum atomic E-state index is -3.97. The molecule has 0 fully saturated rings. The second-order valence-electron chi connectivity index (χ2n) is 6.98. The van der Waals surface area contributed by atoms with Crippen LogP contribution in [0.1, 0.15) is 18.1 Å². The lowest BCUT2D eigenvalue weighted by Crippen LogP contribution is -2.28. The maximum absolute atomic E-state index is 12.6. The van der Waals surface area contributed by atoms with Crippen LogP contribution in [-0.4, -0.2) is 20.2 Å². The van der Waals surface area contributed by atoms with E-state index in [4.69, 9.17) is 4.18 Å². The van der Waals surface area contributed by atoms with Crippen molar-refractivity contribution in [3.05, 3.63) is 95.7 Å². The molecule has 0 aliphatic carbocycles. The Morgan fingerprint density at radius 2 is 1.50 bits per heavy atom. The lowest BCUT2D eigenvalue weighted by molar-refractivity contribution is -0.120. The van der Waals surface area contributed by atoms with Gasteiger partial charge in [0.25, 0.3) is 5.91 Å². The molecule has 7 nitrogen and oxygen atoms in total. The van der Waals surface area contributed by atoms with Crippen molar-refractivity contribution in [2.24, 2.45) is 0 Å². The summed E-state index contributed by atoms with van der Waals surface area (Å²) in [5.41, 5.74) is 2.13. The average molecular weight is 451 g/mol. The van der Waals surface area contributed by atoms with E-state index in [9.17, 15) is 18.0 Å². The molecule has 32 heavy (non-hydrogen) atoms. The second kappa shape index (κ2) is 9.93. The molecule has 0 heterocycles. The highest BCUT2D eigenvalue weighted by Gasteiger charge is 2.16. The summed E-state index contributed by atoms with van der Waals surface area (Å²) < 4.78 is 30.0. The van der Waals surface area contributed by atoms with Gasteiger partial charge < -0.3 is 14.8 Å². The predicted octanol–water partition coefficient (Wildman–Crippen LogP) is 3.88. The Kier molecular flexibility index (Phi) is 7.07. The van der Waals surface area contributed by atoms with Gasteiger partial charge in [-0.15, -0.1) is 0 Å². The number of hydrogen-bond donors (Lipinski definition) is 2. The molecular formula is C24H22N2O5S. The maximum Gasteiger partial charge on any atom is 0.339 e. The summed E-state index contributed by atoms with van der Waals surface area (Å²) in [4.78, 5) is 24.2. The summed E-state index contributed by atoms with van der Waals surface area (Å²) in [5.74, 6) is -0.769. The Morgan fingerprint density at radius 1 is 0.875 bits per heavy atom. The number of carbonyl (C=O) groups excluding carboxylic acids is 2. The molecule has 0 radical (unpaired) electrons. The second-order valence-corrected chi connectivity index (χ2v) is 8.53. The van der Waals surface area contributed by atoms with Gasteiger partial charge >= 0.3 is 10.1 Å². The Balaban J connectivity index is 1.78. The molecule has 0 aliphatic rings. The topological polar surface area (TPSA) is 102 Å². The molecule has 0 aromatic heterocycles. The van der Waals surface area contributed by atoms with Gasteiger partial charge in [-0.05, 0) is 55.0 Å². The number of para-hydroxylation sites is 1. The van der Waals surface area contributed by atoms with Crippen molar-refractivity contribution < 1.29 is 22.2 Å². The zero-order valence-corrected chi connectivity index (χ0v) is 18.3. The maximum atomic E-state index is 12.6. The molecule has 3 aromatic carbocycles. The summed E-state index contributed by atoms with van der Waals surface area (Å²) in [7, 11) is -3.97. The normalized spacial score (nSPS) is 11.5. The van der Waals surface area contributed by atoms with Crippen molar-refractivity contribution >= 4 is 33.7 Å². The highest BCUT2D eigenvalue weighted by molar-refractivity contribution is 7.87. The molecule has 0 bridgehead atoms. The van der Waals surface area contributed by atoms with E-state index < -0.39 is 21.9 Å². The SMILES string of the molecule is CC(=O)N/C(=C/c1ccc(OS(=O)(=O)c2ccc(C)cc2)cc1)C(=O)Nc1ccccc1. The fourth-order valence-corrected chi connectivity index (χ4v) is 3.66. The molecule has 3 aromatic rings. The Labute approximate surface area is 186 Å². The van der Waals surface area contributed by atoms with E-state index in [0.29, 0.717) is 11.3 Å². The van der Waals surface area contributed by atoms with Crippen LogP contribution in [0.15, 0.2) is 89.5 Å². The summed E-state index contributed by atoms with van der Waals surface area (Å²) in [6.45, 7) is 3.16. The summed E-state index contributed by atoms with van der Waals surface area (Å²) in [6, 6.07) is 21.3. The van der Waals surface area contributed by atoms with Gasteiger partial charge in [0.2, 0.25) is 5.91 Å². The number of amides is 2. The van der Waals surface area contributed by atoms with E-state index in [1.165, 1.54) is 37.3 Å². The highest BCUT2D eigenvalue weighted by atomic mass is 32.2. The Hall–Kier alpha value is -3.91. The van der Waals surface area contributed by atoms with E-state index >= 15 is 0 Å². The number of benzene rings is 3. The van der Waals surface area contributed by atoms with Crippen LogP contribution in [0.25, 0.3) is 6.08 Å². The molecule has 3 rings (SSSR count). The van der Waals surface area contributed by atoms with Crippen LogP contribution in [0, 0.1) is 6.92 Å². The molecule has 0 saturated heterocycles. The van der Waals surface area contributed by atoms with E-state index in [1.807, 2.05) is 13.0 Å². The fraction of sp³-hybridized carbons (Fsp3) is 0.0833. The minimum Gasteiger partial charge on any atom is -0.379 e. The molecule has 0 saturated carbocycles. The van der Waals surface area contributed by atoms with Gasteiger partial charge in [-0.2, -0.15) is 8.42 Å². The molecule has 2 N–H and O–H groups in total. The monoisotopic (exact) mass is 450 g/mol. The van der Waals surface area contributed by atoms with E-state index in [-0.39, 0.29) is 16.3 Å². The van der Waals surface area contributed by atoms with E-state index in [0.717, 1.165) is 5.56 Å². The van der Waals surface area contributed by atoms with E-state index in [2.05, 4.69) is 10.6 Å². The average Bonchev–Trinajstić information content (AvgIpc) is 2.75. The van der Waals surface area contributed by atoms with Gasteiger partial charge in [0, 0.05) is 12.6 Å². The van der Waals surface area contributed by atoms with Crippen molar-refractivity contribution in [3.63, 3.8) is 0 Å². The van der Waals surface area contributed by atoms with Crippen LogP contribution in [0.3, 0.4) is 0 Å². The Morgan fingerprint density at radius 3 is 2.09 bits per heavy atom.